The van der Waals surface area contributed by atoms with E-state index in [1.807, 2.05) is 0 Å². The summed E-state index contributed by atoms with van der Waals surface area (Å²) in [6.45, 7) is 5.59. The number of unbranched alkanes of at least 4 members (excludes halogenated alkanes) is 18. The second-order valence-corrected chi connectivity index (χ2v) is 13.8. The number of rotatable bonds is 33. The van der Waals surface area contributed by atoms with Crippen LogP contribution in [0, 0.1) is 0 Å². The summed E-state index contributed by atoms with van der Waals surface area (Å²) in [7, 11) is 0. The Hall–Kier alpha value is -1.16. The van der Waals surface area contributed by atoms with Gasteiger partial charge in [-0.3, -0.25) is 0 Å². The maximum absolute atomic E-state index is 9.35. The van der Waals surface area contributed by atoms with E-state index in [4.69, 9.17) is 9.47 Å². The molecule has 0 aromatic carbocycles. The number of ether oxygens (including phenoxy) is 2. The van der Waals surface area contributed by atoms with Gasteiger partial charge in [0.15, 0.2) is 5.79 Å². The van der Waals surface area contributed by atoms with E-state index >= 15 is 0 Å². The monoisotopic (exact) mass is 643 g/mol. The zero-order valence-corrected chi connectivity index (χ0v) is 30.9. The van der Waals surface area contributed by atoms with Crippen molar-refractivity contribution in [1.29, 1.82) is 0 Å². The lowest BCUT2D eigenvalue weighted by Gasteiger charge is -2.42. The first-order valence-corrected chi connectivity index (χ1v) is 20.3. The molecule has 3 heteroatoms. The Morgan fingerprint density at radius 2 is 0.935 bits per heavy atom. The molecule has 1 atom stereocenters. The number of hydrogen-bond donors (Lipinski definition) is 1. The van der Waals surface area contributed by atoms with E-state index in [9.17, 15) is 5.11 Å². The van der Waals surface area contributed by atoms with Crippen molar-refractivity contribution in [2.45, 2.75) is 212 Å². The van der Waals surface area contributed by atoms with Crippen LogP contribution in [0.4, 0.5) is 0 Å². The van der Waals surface area contributed by atoms with Crippen LogP contribution in [0.2, 0.25) is 0 Å². The van der Waals surface area contributed by atoms with Crippen LogP contribution < -0.4 is 0 Å². The fourth-order valence-electron chi connectivity index (χ4n) is 6.45. The lowest BCUT2D eigenvalue weighted by atomic mass is 9.96. The van der Waals surface area contributed by atoms with Gasteiger partial charge in [0.2, 0.25) is 0 Å². The van der Waals surface area contributed by atoms with Gasteiger partial charge >= 0.3 is 0 Å². The third-order valence-corrected chi connectivity index (χ3v) is 9.39. The Balaban J connectivity index is 2.18. The number of aliphatic hydroxyl groups excluding tert-OH is 1. The van der Waals surface area contributed by atoms with Crippen molar-refractivity contribution in [3.05, 3.63) is 48.6 Å². The Bertz CT molecular complexity index is 688. The molecule has 0 saturated carbocycles. The molecule has 1 N–H and O–H groups in total. The highest BCUT2D eigenvalue weighted by Crippen LogP contribution is 2.35. The molecule has 0 spiro atoms. The quantitative estimate of drug-likeness (QED) is 0.0572. The molecule has 1 aliphatic heterocycles. The van der Waals surface area contributed by atoms with Crippen molar-refractivity contribution in [2.75, 3.05) is 13.2 Å². The second kappa shape index (κ2) is 33.7. The SMILES string of the molecule is CCCCCC=CCC=CCCCCCCCCC1(CCCCCCCCC=CCC=CCCCCC)OCCC(CCCO)O1. The van der Waals surface area contributed by atoms with E-state index in [1.165, 1.54) is 141 Å². The Kier molecular flexibility index (Phi) is 31.4. The molecule has 3 nitrogen and oxygen atoms in total. The average molecular weight is 643 g/mol. The van der Waals surface area contributed by atoms with Crippen molar-refractivity contribution in [3.8, 4) is 0 Å². The minimum atomic E-state index is -0.386. The molecule has 0 radical (unpaired) electrons. The van der Waals surface area contributed by atoms with E-state index in [2.05, 4.69) is 62.5 Å². The first kappa shape index (κ1) is 42.9. The van der Waals surface area contributed by atoms with Crippen molar-refractivity contribution in [2.24, 2.45) is 0 Å². The van der Waals surface area contributed by atoms with Crippen LogP contribution in [0.1, 0.15) is 200 Å². The fraction of sp³-hybridized carbons (Fsp3) is 0.814. The van der Waals surface area contributed by atoms with Gasteiger partial charge in [0, 0.05) is 19.4 Å². The standard InChI is InChI=1S/C43H78O3/c1-3-5-7-9-11-13-15-17-19-21-23-25-27-29-31-33-38-43(45-41-37-42(46-43)36-35-40-44)39-34-32-30-28-26-24-22-20-18-16-14-12-10-8-6-4-2/h11-14,17-20,42,44H,3-10,15-16,21-41H2,1-2H3. The summed E-state index contributed by atoms with van der Waals surface area (Å²) in [6.07, 6.45) is 54.5. The topological polar surface area (TPSA) is 38.7 Å². The van der Waals surface area contributed by atoms with Crippen molar-refractivity contribution >= 4 is 0 Å². The largest absolute Gasteiger partial charge is 0.396 e. The Morgan fingerprint density at radius 3 is 1.37 bits per heavy atom. The molecular weight excluding hydrogens is 564 g/mol. The van der Waals surface area contributed by atoms with Gasteiger partial charge < -0.3 is 14.6 Å². The first-order chi connectivity index (χ1) is 22.8. The van der Waals surface area contributed by atoms with Crippen molar-refractivity contribution in [3.63, 3.8) is 0 Å². The average Bonchev–Trinajstić information content (AvgIpc) is 3.07. The molecule has 1 fully saturated rings. The van der Waals surface area contributed by atoms with Crippen LogP contribution in [0.3, 0.4) is 0 Å². The number of aliphatic hydroxyl groups is 1. The van der Waals surface area contributed by atoms with Crippen LogP contribution in [-0.4, -0.2) is 30.2 Å². The maximum Gasteiger partial charge on any atom is 0.168 e. The minimum absolute atomic E-state index is 0.245. The molecule has 1 aliphatic rings. The molecule has 268 valence electrons. The molecule has 1 saturated heterocycles. The van der Waals surface area contributed by atoms with Crippen LogP contribution in [0.25, 0.3) is 0 Å². The van der Waals surface area contributed by atoms with Crippen LogP contribution in [0.15, 0.2) is 48.6 Å². The maximum atomic E-state index is 9.35. The highest BCUT2D eigenvalue weighted by molar-refractivity contribution is 4.93. The summed E-state index contributed by atoms with van der Waals surface area (Å²) < 4.78 is 13.1. The van der Waals surface area contributed by atoms with E-state index in [0.717, 1.165) is 51.6 Å². The predicted molar refractivity (Wildman–Crippen MR) is 202 cm³/mol. The van der Waals surface area contributed by atoms with E-state index in [0.29, 0.717) is 0 Å². The minimum Gasteiger partial charge on any atom is -0.396 e. The van der Waals surface area contributed by atoms with Gasteiger partial charge in [-0.05, 0) is 96.3 Å². The first-order valence-electron chi connectivity index (χ1n) is 20.3. The third kappa shape index (κ3) is 26.9. The van der Waals surface area contributed by atoms with E-state index in [1.54, 1.807) is 0 Å². The molecule has 0 aromatic heterocycles. The third-order valence-electron chi connectivity index (χ3n) is 9.39. The molecule has 0 bridgehead atoms. The van der Waals surface area contributed by atoms with Gasteiger partial charge in [-0.25, -0.2) is 0 Å². The highest BCUT2D eigenvalue weighted by Gasteiger charge is 2.37. The van der Waals surface area contributed by atoms with Crippen LogP contribution in [-0.2, 0) is 9.47 Å². The highest BCUT2D eigenvalue weighted by atomic mass is 16.7. The van der Waals surface area contributed by atoms with E-state index in [-0.39, 0.29) is 18.5 Å². The summed E-state index contributed by atoms with van der Waals surface area (Å²) >= 11 is 0. The second-order valence-electron chi connectivity index (χ2n) is 13.8. The molecule has 1 unspecified atom stereocenters. The normalized spacial score (nSPS) is 19.2. The lowest BCUT2D eigenvalue weighted by molar-refractivity contribution is -0.301. The van der Waals surface area contributed by atoms with Gasteiger partial charge in [-0.1, -0.05) is 140 Å². The lowest BCUT2D eigenvalue weighted by Crippen LogP contribution is -2.45. The van der Waals surface area contributed by atoms with Gasteiger partial charge in [-0.15, -0.1) is 0 Å². The van der Waals surface area contributed by atoms with Crippen molar-refractivity contribution < 1.29 is 14.6 Å². The summed E-state index contributed by atoms with van der Waals surface area (Å²) in [5.41, 5.74) is 0. The molecular formula is C43H78O3. The Morgan fingerprint density at radius 1 is 0.522 bits per heavy atom. The zero-order chi connectivity index (χ0) is 33.1. The van der Waals surface area contributed by atoms with Crippen LogP contribution in [0.5, 0.6) is 0 Å². The van der Waals surface area contributed by atoms with E-state index < -0.39 is 0 Å². The molecule has 1 rings (SSSR count). The number of allylic oxidation sites excluding steroid dienone is 8. The molecule has 1 heterocycles. The van der Waals surface area contributed by atoms with Crippen LogP contribution >= 0.6 is 0 Å². The summed E-state index contributed by atoms with van der Waals surface area (Å²) in [6, 6.07) is 0. The molecule has 0 amide bonds. The molecule has 0 aromatic rings. The fourth-order valence-corrected chi connectivity index (χ4v) is 6.45. The van der Waals surface area contributed by atoms with Gasteiger partial charge in [-0.2, -0.15) is 0 Å². The van der Waals surface area contributed by atoms with Gasteiger partial charge in [0.25, 0.3) is 0 Å². The summed E-state index contributed by atoms with van der Waals surface area (Å²) in [5, 5.41) is 9.35. The summed E-state index contributed by atoms with van der Waals surface area (Å²) in [4.78, 5) is 0. The van der Waals surface area contributed by atoms with Crippen molar-refractivity contribution in [1.82, 2.24) is 0 Å². The number of hydrogen-bond acceptors (Lipinski definition) is 3. The zero-order valence-electron chi connectivity index (χ0n) is 30.9. The van der Waals surface area contributed by atoms with Gasteiger partial charge in [0.05, 0.1) is 12.7 Å². The Labute approximate surface area is 287 Å². The van der Waals surface area contributed by atoms with Gasteiger partial charge in [0.1, 0.15) is 0 Å². The molecule has 0 aliphatic carbocycles. The molecule has 46 heavy (non-hydrogen) atoms. The summed E-state index contributed by atoms with van der Waals surface area (Å²) in [5.74, 6) is -0.386. The smallest absolute Gasteiger partial charge is 0.168 e. The predicted octanol–water partition coefficient (Wildman–Crippen LogP) is 13.7.